The minimum absolute atomic E-state index is 0.00749. The first kappa shape index (κ1) is 21.4. The Morgan fingerprint density at radius 2 is 1.91 bits per heavy atom. The number of hydrogen-bond donors (Lipinski definition) is 0. The van der Waals surface area contributed by atoms with E-state index in [2.05, 4.69) is 16.8 Å². The first-order valence-electron chi connectivity index (χ1n) is 11.7. The van der Waals surface area contributed by atoms with E-state index in [9.17, 15) is 14.9 Å². The van der Waals surface area contributed by atoms with Crippen LogP contribution >= 0.6 is 0 Å². The maximum atomic E-state index is 13.7. The molecule has 0 aliphatic carbocycles. The number of anilines is 1. The zero-order valence-electron chi connectivity index (χ0n) is 18.8. The molecule has 0 saturated carbocycles. The second-order valence-corrected chi connectivity index (χ2v) is 9.24. The summed E-state index contributed by atoms with van der Waals surface area (Å²) in [5.41, 5.74) is 2.71. The number of aromatic nitrogens is 1. The number of non-ortho nitro benzene ring substituents is 1. The number of para-hydroxylation sites is 2. The Labute approximate surface area is 192 Å². The molecule has 1 atom stereocenters. The monoisotopic (exact) mass is 448 g/mol. The maximum Gasteiger partial charge on any atom is 0.270 e. The Kier molecular flexibility index (Phi) is 5.74. The standard InChI is InChI=1S/C25H28N4O4/c1-17-10-13-27(14-11-17)22-9-8-19(29(31)32)15-20(22)25(30)28-12-4-5-18(16-28)24-26-21-6-2-3-7-23(21)33-24/h2-3,6-9,15,17-18H,4-5,10-14,16H2,1H3. The van der Waals surface area contributed by atoms with Crippen molar-refractivity contribution >= 4 is 28.4 Å². The van der Waals surface area contributed by atoms with Crippen LogP contribution in [0.1, 0.15) is 54.8 Å². The fraction of sp³-hybridized carbons (Fsp3) is 0.440. The molecule has 1 amide bonds. The molecule has 3 heterocycles. The van der Waals surface area contributed by atoms with E-state index in [-0.39, 0.29) is 17.5 Å². The van der Waals surface area contributed by atoms with Crippen molar-refractivity contribution in [2.75, 3.05) is 31.1 Å². The topological polar surface area (TPSA) is 92.7 Å². The molecular formula is C25H28N4O4. The van der Waals surface area contributed by atoms with Crippen LogP contribution in [0.2, 0.25) is 0 Å². The Hall–Kier alpha value is -3.42. The Morgan fingerprint density at radius 3 is 2.67 bits per heavy atom. The molecule has 2 saturated heterocycles. The van der Waals surface area contributed by atoms with Gasteiger partial charge in [0.15, 0.2) is 11.5 Å². The van der Waals surface area contributed by atoms with E-state index < -0.39 is 4.92 Å². The highest BCUT2D eigenvalue weighted by Gasteiger charge is 2.31. The van der Waals surface area contributed by atoms with Crippen molar-refractivity contribution in [1.82, 2.24) is 9.88 Å². The lowest BCUT2D eigenvalue weighted by Gasteiger charge is -2.35. The normalized spacial score (nSPS) is 19.7. The maximum absolute atomic E-state index is 13.7. The highest BCUT2D eigenvalue weighted by Crippen LogP contribution is 2.33. The van der Waals surface area contributed by atoms with Gasteiger partial charge in [0.25, 0.3) is 11.6 Å². The number of nitrogens with zero attached hydrogens (tertiary/aromatic N) is 4. The molecule has 2 aromatic carbocycles. The predicted molar refractivity (Wildman–Crippen MR) is 126 cm³/mol. The fourth-order valence-electron chi connectivity index (χ4n) is 4.93. The van der Waals surface area contributed by atoms with Crippen LogP contribution in [-0.4, -0.2) is 46.9 Å². The van der Waals surface area contributed by atoms with Crippen LogP contribution in [0, 0.1) is 16.0 Å². The van der Waals surface area contributed by atoms with Crippen LogP contribution in [0.15, 0.2) is 46.9 Å². The zero-order chi connectivity index (χ0) is 22.9. The predicted octanol–water partition coefficient (Wildman–Crippen LogP) is 4.99. The minimum Gasteiger partial charge on any atom is -0.440 e. The molecule has 1 aromatic heterocycles. The highest BCUT2D eigenvalue weighted by molar-refractivity contribution is 6.00. The molecule has 2 fully saturated rings. The van der Waals surface area contributed by atoms with Crippen LogP contribution in [0.3, 0.4) is 0 Å². The molecule has 3 aromatic rings. The number of rotatable bonds is 4. The number of fused-ring (bicyclic) bond motifs is 1. The first-order valence-corrected chi connectivity index (χ1v) is 11.7. The highest BCUT2D eigenvalue weighted by atomic mass is 16.6. The van der Waals surface area contributed by atoms with Gasteiger partial charge in [0.2, 0.25) is 0 Å². The van der Waals surface area contributed by atoms with Crippen molar-refractivity contribution in [2.45, 2.75) is 38.5 Å². The lowest BCUT2D eigenvalue weighted by Crippen LogP contribution is -2.40. The van der Waals surface area contributed by atoms with Gasteiger partial charge >= 0.3 is 0 Å². The van der Waals surface area contributed by atoms with Gasteiger partial charge in [0.1, 0.15) is 5.52 Å². The van der Waals surface area contributed by atoms with Crippen molar-refractivity contribution in [3.8, 4) is 0 Å². The van der Waals surface area contributed by atoms with Crippen LogP contribution in [0.5, 0.6) is 0 Å². The summed E-state index contributed by atoms with van der Waals surface area (Å²) in [5.74, 6) is 1.15. The molecule has 8 nitrogen and oxygen atoms in total. The number of nitro groups is 1. The van der Waals surface area contributed by atoms with E-state index in [1.807, 2.05) is 24.3 Å². The molecule has 2 aliphatic rings. The summed E-state index contributed by atoms with van der Waals surface area (Å²) in [6, 6.07) is 12.3. The van der Waals surface area contributed by atoms with Gasteiger partial charge in [-0.3, -0.25) is 14.9 Å². The summed E-state index contributed by atoms with van der Waals surface area (Å²) in [4.78, 5) is 33.3. The van der Waals surface area contributed by atoms with Gasteiger partial charge in [-0.25, -0.2) is 4.98 Å². The Balaban J connectivity index is 1.42. The van der Waals surface area contributed by atoms with Crippen molar-refractivity contribution in [3.05, 3.63) is 64.0 Å². The fourth-order valence-corrected chi connectivity index (χ4v) is 4.93. The summed E-state index contributed by atoms with van der Waals surface area (Å²) in [5, 5.41) is 11.5. The van der Waals surface area contributed by atoms with E-state index >= 15 is 0 Å². The second kappa shape index (κ2) is 8.84. The lowest BCUT2D eigenvalue weighted by atomic mass is 9.96. The summed E-state index contributed by atoms with van der Waals surface area (Å²) in [7, 11) is 0. The smallest absolute Gasteiger partial charge is 0.270 e. The largest absolute Gasteiger partial charge is 0.440 e. The first-order chi connectivity index (χ1) is 16.0. The Morgan fingerprint density at radius 1 is 1.12 bits per heavy atom. The van der Waals surface area contributed by atoms with E-state index in [1.54, 1.807) is 11.0 Å². The summed E-state index contributed by atoms with van der Waals surface area (Å²) in [6.45, 7) is 5.05. The van der Waals surface area contributed by atoms with E-state index in [4.69, 9.17) is 4.42 Å². The third-order valence-electron chi connectivity index (χ3n) is 6.91. The number of oxazole rings is 1. The SMILES string of the molecule is CC1CCN(c2ccc([N+](=O)[O-])cc2C(=O)N2CCCC(c3nc4ccccc4o3)C2)CC1. The van der Waals surface area contributed by atoms with Gasteiger partial charge in [-0.1, -0.05) is 19.1 Å². The van der Waals surface area contributed by atoms with Crippen LogP contribution in [0.4, 0.5) is 11.4 Å². The molecule has 1 unspecified atom stereocenters. The van der Waals surface area contributed by atoms with Crippen molar-refractivity contribution in [3.63, 3.8) is 0 Å². The number of nitro benzene ring substituents is 1. The van der Waals surface area contributed by atoms with E-state index in [0.717, 1.165) is 55.6 Å². The zero-order valence-corrected chi connectivity index (χ0v) is 18.8. The van der Waals surface area contributed by atoms with Crippen molar-refractivity contribution < 1.29 is 14.1 Å². The number of hydrogen-bond acceptors (Lipinski definition) is 6. The summed E-state index contributed by atoms with van der Waals surface area (Å²) in [6.07, 6.45) is 3.82. The molecule has 8 heteroatoms. The molecule has 172 valence electrons. The average molecular weight is 449 g/mol. The molecule has 33 heavy (non-hydrogen) atoms. The second-order valence-electron chi connectivity index (χ2n) is 9.24. The molecule has 0 radical (unpaired) electrons. The van der Waals surface area contributed by atoms with Crippen LogP contribution in [0.25, 0.3) is 11.1 Å². The van der Waals surface area contributed by atoms with Gasteiger partial charge in [0, 0.05) is 38.3 Å². The number of piperidine rings is 2. The van der Waals surface area contributed by atoms with Crippen molar-refractivity contribution in [2.24, 2.45) is 5.92 Å². The third-order valence-corrected chi connectivity index (χ3v) is 6.91. The summed E-state index contributed by atoms with van der Waals surface area (Å²) < 4.78 is 5.97. The Bertz CT molecular complexity index is 1150. The van der Waals surface area contributed by atoms with E-state index in [0.29, 0.717) is 30.5 Å². The molecule has 2 aliphatic heterocycles. The minimum atomic E-state index is -0.434. The quantitative estimate of drug-likeness (QED) is 0.412. The van der Waals surface area contributed by atoms with Gasteiger partial charge in [-0.15, -0.1) is 0 Å². The van der Waals surface area contributed by atoms with Crippen LogP contribution in [-0.2, 0) is 0 Å². The number of carbonyl (C=O) groups excluding carboxylic acids is 1. The molecular weight excluding hydrogens is 420 g/mol. The number of benzene rings is 2. The van der Waals surface area contributed by atoms with E-state index in [1.165, 1.54) is 12.1 Å². The van der Waals surface area contributed by atoms with Gasteiger partial charge in [-0.05, 0) is 49.8 Å². The molecule has 0 spiro atoms. The van der Waals surface area contributed by atoms with Crippen LogP contribution < -0.4 is 4.90 Å². The van der Waals surface area contributed by atoms with Gasteiger partial charge in [-0.2, -0.15) is 0 Å². The van der Waals surface area contributed by atoms with Gasteiger partial charge in [0.05, 0.1) is 22.1 Å². The number of likely N-dealkylation sites (tertiary alicyclic amines) is 1. The summed E-state index contributed by atoms with van der Waals surface area (Å²) >= 11 is 0. The van der Waals surface area contributed by atoms with Gasteiger partial charge < -0.3 is 14.2 Å². The van der Waals surface area contributed by atoms with Crippen molar-refractivity contribution in [1.29, 1.82) is 0 Å². The third kappa shape index (κ3) is 4.29. The number of amides is 1. The number of carbonyl (C=O) groups is 1. The lowest BCUT2D eigenvalue weighted by molar-refractivity contribution is -0.384. The molecule has 0 N–H and O–H groups in total. The molecule has 5 rings (SSSR count). The molecule has 0 bridgehead atoms. The average Bonchev–Trinajstić information content (AvgIpc) is 3.28.